The predicted molar refractivity (Wildman–Crippen MR) is 83.0 cm³/mol. The molecule has 0 spiro atoms. The van der Waals surface area contributed by atoms with E-state index >= 15 is 0 Å². The van der Waals surface area contributed by atoms with Crippen LogP contribution < -0.4 is 10.6 Å². The molecule has 0 radical (unpaired) electrons. The largest absolute Gasteiger partial charge is 0.435 e. The highest BCUT2D eigenvalue weighted by Crippen LogP contribution is 2.27. The summed E-state index contributed by atoms with van der Waals surface area (Å²) in [5, 5.41) is 9.38. The van der Waals surface area contributed by atoms with Crippen molar-refractivity contribution in [3.05, 3.63) is 47.8 Å². The minimum Gasteiger partial charge on any atom is -0.378 e. The van der Waals surface area contributed by atoms with Crippen LogP contribution in [0.2, 0.25) is 0 Å². The van der Waals surface area contributed by atoms with Gasteiger partial charge in [-0.05, 0) is 23.8 Å². The quantitative estimate of drug-likeness (QED) is 0.873. The predicted octanol–water partition coefficient (Wildman–Crippen LogP) is 1.50. The van der Waals surface area contributed by atoms with E-state index in [2.05, 4.69) is 15.7 Å². The van der Waals surface area contributed by atoms with Crippen molar-refractivity contribution in [2.75, 3.05) is 19.8 Å². The van der Waals surface area contributed by atoms with Gasteiger partial charge in [0.25, 0.3) is 0 Å². The summed E-state index contributed by atoms with van der Waals surface area (Å²) in [5.41, 5.74) is 0.399. The normalized spacial score (nSPS) is 18.1. The molecule has 0 saturated carbocycles. The van der Waals surface area contributed by atoms with Gasteiger partial charge in [0.2, 0.25) is 5.91 Å². The Hall–Kier alpha value is -2.39. The van der Waals surface area contributed by atoms with Crippen molar-refractivity contribution in [2.24, 2.45) is 0 Å². The van der Waals surface area contributed by atoms with Crippen LogP contribution in [-0.2, 0) is 22.3 Å². The molecule has 25 heavy (non-hydrogen) atoms. The third-order valence-electron chi connectivity index (χ3n) is 3.79. The molecule has 134 valence electrons. The smallest absolute Gasteiger partial charge is 0.378 e. The number of morpholine rings is 1. The summed E-state index contributed by atoms with van der Waals surface area (Å²) >= 11 is 0. The minimum absolute atomic E-state index is 0.148. The summed E-state index contributed by atoms with van der Waals surface area (Å²) in [5.74, 6) is -0.148. The summed E-state index contributed by atoms with van der Waals surface area (Å²) in [6.07, 6.45) is -3.21. The monoisotopic (exact) mass is 354 g/mol. The van der Waals surface area contributed by atoms with Crippen LogP contribution in [0.3, 0.4) is 0 Å². The molecular weight excluding hydrogens is 337 g/mol. The van der Waals surface area contributed by atoms with E-state index in [0.29, 0.717) is 32.0 Å². The van der Waals surface area contributed by atoms with Crippen LogP contribution >= 0.6 is 0 Å². The number of halogens is 3. The van der Waals surface area contributed by atoms with Crippen molar-refractivity contribution < 1.29 is 22.7 Å². The van der Waals surface area contributed by atoms with Crippen LogP contribution in [0.5, 0.6) is 0 Å². The zero-order valence-corrected chi connectivity index (χ0v) is 13.2. The fourth-order valence-corrected chi connectivity index (χ4v) is 2.43. The Labute approximate surface area is 142 Å². The lowest BCUT2D eigenvalue weighted by Gasteiger charge is -2.22. The minimum atomic E-state index is -4.47. The lowest BCUT2D eigenvalue weighted by Crippen LogP contribution is -2.51. The Morgan fingerprint density at radius 2 is 2.08 bits per heavy atom. The van der Waals surface area contributed by atoms with Crippen molar-refractivity contribution >= 4 is 5.91 Å². The van der Waals surface area contributed by atoms with Gasteiger partial charge in [0.15, 0.2) is 5.69 Å². The zero-order chi connectivity index (χ0) is 17.9. The van der Waals surface area contributed by atoms with E-state index in [1.54, 1.807) is 24.3 Å². The number of benzene rings is 1. The van der Waals surface area contributed by atoms with E-state index in [-0.39, 0.29) is 11.9 Å². The molecule has 6 nitrogen and oxygen atoms in total. The van der Waals surface area contributed by atoms with E-state index in [9.17, 15) is 18.0 Å². The Bertz CT molecular complexity index is 722. The highest BCUT2D eigenvalue weighted by molar-refractivity contribution is 5.81. The van der Waals surface area contributed by atoms with Crippen molar-refractivity contribution in [3.63, 3.8) is 0 Å². The van der Waals surface area contributed by atoms with Crippen LogP contribution in [0.15, 0.2) is 36.5 Å². The number of alkyl halides is 3. The van der Waals surface area contributed by atoms with Gasteiger partial charge in [-0.1, -0.05) is 12.1 Å². The highest BCUT2D eigenvalue weighted by atomic mass is 19.4. The molecule has 1 aromatic carbocycles. The number of amides is 1. The maximum atomic E-state index is 12.6. The van der Waals surface area contributed by atoms with Gasteiger partial charge in [-0.15, -0.1) is 0 Å². The SMILES string of the molecule is O=C(NCc1ccc(-n2ccc(C(F)(F)F)n2)cc1)C1COCCN1. The highest BCUT2D eigenvalue weighted by Gasteiger charge is 2.33. The van der Waals surface area contributed by atoms with Gasteiger partial charge < -0.3 is 15.4 Å². The van der Waals surface area contributed by atoms with Gasteiger partial charge in [-0.3, -0.25) is 4.79 Å². The van der Waals surface area contributed by atoms with Crippen LogP contribution in [0.4, 0.5) is 13.2 Å². The van der Waals surface area contributed by atoms with Crippen molar-refractivity contribution in [2.45, 2.75) is 18.8 Å². The van der Waals surface area contributed by atoms with E-state index < -0.39 is 11.9 Å². The molecule has 0 aliphatic carbocycles. The van der Waals surface area contributed by atoms with Gasteiger partial charge >= 0.3 is 6.18 Å². The summed E-state index contributed by atoms with van der Waals surface area (Å²) < 4.78 is 44.1. The molecule has 0 bridgehead atoms. The molecule has 1 aliphatic rings. The molecule has 1 aromatic heterocycles. The molecular formula is C16H17F3N4O2. The molecule has 3 rings (SSSR count). The topological polar surface area (TPSA) is 68.2 Å². The van der Waals surface area contributed by atoms with Crippen LogP contribution in [0.1, 0.15) is 11.3 Å². The number of hydrogen-bond donors (Lipinski definition) is 2. The third-order valence-corrected chi connectivity index (χ3v) is 3.79. The average molecular weight is 354 g/mol. The standard InChI is InChI=1S/C16H17F3N4O2/c17-16(18,19)14-5-7-23(22-14)12-3-1-11(2-4-12)9-21-15(24)13-10-25-8-6-20-13/h1-5,7,13,20H,6,8-10H2,(H,21,24). The van der Waals surface area contributed by atoms with E-state index in [1.807, 2.05) is 0 Å². The second-order valence-electron chi connectivity index (χ2n) is 5.61. The molecule has 1 amide bonds. The molecule has 2 heterocycles. The average Bonchev–Trinajstić information content (AvgIpc) is 3.11. The van der Waals surface area contributed by atoms with Crippen molar-refractivity contribution in [3.8, 4) is 5.69 Å². The summed E-state index contributed by atoms with van der Waals surface area (Å²) in [6, 6.07) is 7.32. The Balaban J connectivity index is 1.58. The van der Waals surface area contributed by atoms with Crippen molar-refractivity contribution in [1.29, 1.82) is 0 Å². The zero-order valence-electron chi connectivity index (χ0n) is 13.2. The van der Waals surface area contributed by atoms with E-state index in [1.165, 1.54) is 6.20 Å². The lowest BCUT2D eigenvalue weighted by atomic mass is 10.2. The number of rotatable bonds is 4. The van der Waals surface area contributed by atoms with Gasteiger partial charge in [-0.25, -0.2) is 4.68 Å². The Morgan fingerprint density at radius 3 is 2.68 bits per heavy atom. The van der Waals surface area contributed by atoms with Crippen LogP contribution in [0.25, 0.3) is 5.69 Å². The number of nitrogens with one attached hydrogen (secondary N) is 2. The number of aromatic nitrogens is 2. The third kappa shape index (κ3) is 4.37. The number of carbonyl (C=O) groups is 1. The van der Waals surface area contributed by atoms with E-state index in [4.69, 9.17) is 4.74 Å². The van der Waals surface area contributed by atoms with E-state index in [0.717, 1.165) is 16.3 Å². The Morgan fingerprint density at radius 1 is 1.32 bits per heavy atom. The maximum absolute atomic E-state index is 12.6. The van der Waals surface area contributed by atoms with Crippen molar-refractivity contribution in [1.82, 2.24) is 20.4 Å². The summed E-state index contributed by atoms with van der Waals surface area (Å²) in [6.45, 7) is 1.89. The van der Waals surface area contributed by atoms with Gasteiger partial charge in [0, 0.05) is 19.3 Å². The molecule has 2 N–H and O–H groups in total. The number of ether oxygens (including phenoxy) is 1. The molecule has 1 saturated heterocycles. The molecule has 2 aromatic rings. The second kappa shape index (κ2) is 7.24. The molecule has 1 unspecified atom stereocenters. The number of carbonyl (C=O) groups excluding carboxylic acids is 1. The second-order valence-corrected chi connectivity index (χ2v) is 5.61. The molecule has 1 fully saturated rings. The number of nitrogens with zero attached hydrogens (tertiary/aromatic N) is 2. The first-order chi connectivity index (χ1) is 11.9. The maximum Gasteiger partial charge on any atom is 0.435 e. The van der Waals surface area contributed by atoms with Crippen LogP contribution in [-0.4, -0.2) is 41.5 Å². The van der Waals surface area contributed by atoms with Crippen LogP contribution in [0, 0.1) is 0 Å². The van der Waals surface area contributed by atoms with Gasteiger partial charge in [-0.2, -0.15) is 18.3 Å². The fraction of sp³-hybridized carbons (Fsp3) is 0.375. The number of hydrogen-bond acceptors (Lipinski definition) is 4. The molecule has 1 atom stereocenters. The first-order valence-corrected chi connectivity index (χ1v) is 7.74. The molecule has 9 heteroatoms. The fourth-order valence-electron chi connectivity index (χ4n) is 2.43. The Kier molecular flexibility index (Phi) is 5.05. The van der Waals surface area contributed by atoms with Gasteiger partial charge in [0.1, 0.15) is 6.04 Å². The summed E-state index contributed by atoms with van der Waals surface area (Å²) in [7, 11) is 0. The lowest BCUT2D eigenvalue weighted by molar-refractivity contribution is -0.141. The summed E-state index contributed by atoms with van der Waals surface area (Å²) in [4.78, 5) is 12.0. The first kappa shape index (κ1) is 17.4. The molecule has 1 aliphatic heterocycles. The first-order valence-electron chi connectivity index (χ1n) is 7.74. The van der Waals surface area contributed by atoms with Gasteiger partial charge in [0.05, 0.1) is 18.9 Å².